The molecule has 0 amide bonds. The lowest BCUT2D eigenvalue weighted by Gasteiger charge is -2.06. The van der Waals surface area contributed by atoms with Crippen LogP contribution in [0.2, 0.25) is 0 Å². The van der Waals surface area contributed by atoms with E-state index in [-0.39, 0.29) is 12.4 Å². The Labute approximate surface area is 127 Å². The highest BCUT2D eigenvalue weighted by Crippen LogP contribution is 2.19. The van der Waals surface area contributed by atoms with Crippen LogP contribution in [0.1, 0.15) is 11.3 Å². The van der Waals surface area contributed by atoms with Gasteiger partial charge in [0.1, 0.15) is 11.4 Å². The molecule has 3 rings (SSSR count). The van der Waals surface area contributed by atoms with E-state index in [2.05, 4.69) is 10.0 Å². The summed E-state index contributed by atoms with van der Waals surface area (Å²) in [5.74, 6) is -0.307. The predicted octanol–water partition coefficient (Wildman–Crippen LogP) is 2.38. The first-order valence-corrected chi connectivity index (χ1v) is 8.28. The number of benzene rings is 2. The first-order valence-electron chi connectivity index (χ1n) is 6.62. The molecule has 1 aromatic heterocycles. The Hall–Kier alpha value is -2.22. The van der Waals surface area contributed by atoms with Crippen LogP contribution in [0.15, 0.2) is 59.1 Å². The molecular formula is C15H14N2O4S. The Bertz CT molecular complexity index is 859. The molecule has 0 bridgehead atoms. The maximum atomic E-state index is 12.0. The van der Waals surface area contributed by atoms with Gasteiger partial charge in [0.05, 0.1) is 6.61 Å². The van der Waals surface area contributed by atoms with Crippen LogP contribution in [0.4, 0.5) is 0 Å². The lowest BCUT2D eigenvalue weighted by Crippen LogP contribution is -2.25. The average Bonchev–Trinajstić information content (AvgIpc) is 2.91. The van der Waals surface area contributed by atoms with E-state index in [1.165, 1.54) is 0 Å². The summed E-state index contributed by atoms with van der Waals surface area (Å²) in [6, 6.07) is 16.4. The molecule has 3 aromatic rings. The molecule has 0 unspecified atom stereocenters. The zero-order valence-electron chi connectivity index (χ0n) is 11.6. The van der Waals surface area contributed by atoms with Gasteiger partial charge >= 0.3 is 0 Å². The number of aromatic nitrogens is 1. The summed E-state index contributed by atoms with van der Waals surface area (Å²) in [5.41, 5.74) is 1.78. The predicted molar refractivity (Wildman–Crippen MR) is 81.0 cm³/mol. The van der Waals surface area contributed by atoms with Crippen LogP contribution in [0.5, 0.6) is 0 Å². The molecule has 22 heavy (non-hydrogen) atoms. The normalized spacial score (nSPS) is 11.8. The molecule has 0 spiro atoms. The van der Waals surface area contributed by atoms with E-state index in [0.29, 0.717) is 16.7 Å². The molecule has 0 aliphatic carbocycles. The fourth-order valence-electron chi connectivity index (χ4n) is 2.03. The van der Waals surface area contributed by atoms with Gasteiger partial charge in [-0.05, 0) is 17.7 Å². The van der Waals surface area contributed by atoms with E-state index >= 15 is 0 Å². The first kappa shape index (κ1) is 14.7. The number of hydrogen-bond acceptors (Lipinski definition) is 5. The van der Waals surface area contributed by atoms with E-state index in [4.69, 9.17) is 9.36 Å². The summed E-state index contributed by atoms with van der Waals surface area (Å²) >= 11 is 0. The summed E-state index contributed by atoms with van der Waals surface area (Å²) in [7, 11) is -3.66. The lowest BCUT2D eigenvalue weighted by molar-refractivity contribution is 0.0794. The summed E-state index contributed by atoms with van der Waals surface area (Å²) in [5, 5.41) is 4.47. The van der Waals surface area contributed by atoms with Crippen LogP contribution < -0.4 is 4.89 Å². The van der Waals surface area contributed by atoms with Gasteiger partial charge in [0.25, 0.3) is 0 Å². The smallest absolute Gasteiger partial charge is 0.239 e. The highest BCUT2D eigenvalue weighted by Gasteiger charge is 2.17. The molecule has 0 saturated heterocycles. The Morgan fingerprint density at radius 1 is 1.05 bits per heavy atom. The zero-order valence-corrected chi connectivity index (χ0v) is 12.4. The van der Waals surface area contributed by atoms with Crippen LogP contribution in [0.25, 0.3) is 11.0 Å². The monoisotopic (exact) mass is 318 g/mol. The van der Waals surface area contributed by atoms with E-state index < -0.39 is 10.0 Å². The van der Waals surface area contributed by atoms with Gasteiger partial charge in [-0.15, -0.1) is 0 Å². The SMILES string of the molecule is O=S(=O)(Cc1noc2ccccc12)NOCc1ccccc1. The molecule has 2 aromatic carbocycles. The Morgan fingerprint density at radius 3 is 2.59 bits per heavy atom. The molecule has 0 aliphatic heterocycles. The minimum Gasteiger partial charge on any atom is -0.356 e. The number of para-hydroxylation sites is 1. The molecule has 7 heteroatoms. The van der Waals surface area contributed by atoms with Gasteiger partial charge in [0, 0.05) is 5.39 Å². The van der Waals surface area contributed by atoms with E-state index in [1.54, 1.807) is 24.3 Å². The molecule has 0 aliphatic rings. The maximum Gasteiger partial charge on any atom is 0.239 e. The first-order chi connectivity index (χ1) is 10.6. The number of hydrogen-bond donors (Lipinski definition) is 1. The third kappa shape index (κ3) is 3.51. The van der Waals surface area contributed by atoms with Crippen LogP contribution in [-0.4, -0.2) is 13.6 Å². The number of nitrogens with zero attached hydrogens (tertiary/aromatic N) is 1. The van der Waals surface area contributed by atoms with Gasteiger partial charge in [-0.1, -0.05) is 52.5 Å². The van der Waals surface area contributed by atoms with Crippen LogP contribution in [0, 0.1) is 0 Å². The van der Waals surface area contributed by atoms with Crippen molar-refractivity contribution in [3.8, 4) is 0 Å². The Kier molecular flexibility index (Phi) is 4.19. The molecule has 0 radical (unpaired) electrons. The maximum absolute atomic E-state index is 12.0. The highest BCUT2D eigenvalue weighted by molar-refractivity contribution is 7.88. The fraction of sp³-hybridized carbons (Fsp3) is 0.133. The summed E-state index contributed by atoms with van der Waals surface area (Å²) < 4.78 is 29.1. The summed E-state index contributed by atoms with van der Waals surface area (Å²) in [4.78, 5) is 7.15. The van der Waals surface area contributed by atoms with E-state index in [0.717, 1.165) is 5.56 Å². The van der Waals surface area contributed by atoms with Crippen molar-refractivity contribution in [2.45, 2.75) is 12.4 Å². The van der Waals surface area contributed by atoms with Crippen LogP contribution in [-0.2, 0) is 27.2 Å². The van der Waals surface area contributed by atoms with Gasteiger partial charge in [0.2, 0.25) is 10.0 Å². The quantitative estimate of drug-likeness (QED) is 0.706. The molecule has 0 saturated carbocycles. The largest absolute Gasteiger partial charge is 0.356 e. The van der Waals surface area contributed by atoms with Gasteiger partial charge in [-0.2, -0.15) is 0 Å². The molecule has 114 valence electrons. The van der Waals surface area contributed by atoms with Gasteiger partial charge in [-0.3, -0.25) is 4.84 Å². The third-order valence-electron chi connectivity index (χ3n) is 3.05. The molecule has 1 heterocycles. The summed E-state index contributed by atoms with van der Waals surface area (Å²) in [6.45, 7) is 0.152. The highest BCUT2D eigenvalue weighted by atomic mass is 32.2. The molecule has 0 atom stereocenters. The van der Waals surface area contributed by atoms with Crippen molar-refractivity contribution in [1.82, 2.24) is 10.0 Å². The fourth-order valence-corrected chi connectivity index (χ4v) is 2.89. The van der Waals surface area contributed by atoms with E-state index in [1.807, 2.05) is 30.3 Å². The molecular weight excluding hydrogens is 304 g/mol. The summed E-state index contributed by atoms with van der Waals surface area (Å²) in [6.07, 6.45) is 0. The molecule has 6 nitrogen and oxygen atoms in total. The van der Waals surface area contributed by atoms with Crippen LogP contribution in [0.3, 0.4) is 0 Å². The minimum atomic E-state index is -3.66. The van der Waals surface area contributed by atoms with Crippen molar-refractivity contribution in [3.63, 3.8) is 0 Å². The Morgan fingerprint density at radius 2 is 1.77 bits per heavy atom. The molecule has 1 N–H and O–H groups in total. The van der Waals surface area contributed by atoms with Crippen molar-refractivity contribution in [1.29, 1.82) is 0 Å². The second-order valence-electron chi connectivity index (χ2n) is 4.74. The van der Waals surface area contributed by atoms with Crippen molar-refractivity contribution >= 4 is 21.0 Å². The minimum absolute atomic E-state index is 0.152. The molecule has 0 fully saturated rings. The number of nitrogens with one attached hydrogen (secondary N) is 1. The van der Waals surface area contributed by atoms with Gasteiger partial charge < -0.3 is 4.52 Å². The van der Waals surface area contributed by atoms with E-state index in [9.17, 15) is 8.42 Å². The second kappa shape index (κ2) is 6.27. The van der Waals surface area contributed by atoms with Gasteiger partial charge in [0.15, 0.2) is 5.58 Å². The standard InChI is InChI=1S/C15H14N2O4S/c18-22(19,17-20-10-12-6-2-1-3-7-12)11-14-13-8-4-5-9-15(13)21-16-14/h1-9,17H,10-11H2. The topological polar surface area (TPSA) is 81.4 Å². The van der Waals surface area contributed by atoms with Crippen LogP contribution >= 0.6 is 0 Å². The van der Waals surface area contributed by atoms with Crippen molar-refractivity contribution < 1.29 is 17.8 Å². The number of sulfonamides is 1. The lowest BCUT2D eigenvalue weighted by atomic mass is 10.2. The van der Waals surface area contributed by atoms with Crippen molar-refractivity contribution in [2.75, 3.05) is 0 Å². The Balaban J connectivity index is 1.64. The van der Waals surface area contributed by atoms with Crippen molar-refractivity contribution in [3.05, 3.63) is 65.9 Å². The zero-order chi connectivity index (χ0) is 15.4. The number of fused-ring (bicyclic) bond motifs is 1. The second-order valence-corrected chi connectivity index (χ2v) is 6.43. The van der Waals surface area contributed by atoms with Gasteiger partial charge in [-0.25, -0.2) is 8.42 Å². The average molecular weight is 318 g/mol. The third-order valence-corrected chi connectivity index (χ3v) is 4.07. The number of rotatable bonds is 6. The van der Waals surface area contributed by atoms with Crippen molar-refractivity contribution in [2.24, 2.45) is 0 Å².